The molecule has 0 saturated heterocycles. The van der Waals surface area contributed by atoms with Crippen molar-refractivity contribution in [3.05, 3.63) is 59.9 Å². The highest BCUT2D eigenvalue weighted by Crippen LogP contribution is 2.37. The van der Waals surface area contributed by atoms with Gasteiger partial charge in [0.1, 0.15) is 18.2 Å². The first-order chi connectivity index (χ1) is 10.8. The number of ether oxygens (including phenoxy) is 2. The Hall–Kier alpha value is -2.62. The van der Waals surface area contributed by atoms with Gasteiger partial charge in [0.05, 0.1) is 5.52 Å². The summed E-state index contributed by atoms with van der Waals surface area (Å²) in [5.74, 6) is 1.45. The molecule has 4 rings (SSSR count). The van der Waals surface area contributed by atoms with Crippen LogP contribution < -0.4 is 9.47 Å². The zero-order valence-electron chi connectivity index (χ0n) is 12.3. The van der Waals surface area contributed by atoms with Crippen LogP contribution in [0.3, 0.4) is 0 Å². The number of nitrogens with zero attached hydrogens (tertiary/aromatic N) is 2. The summed E-state index contributed by atoms with van der Waals surface area (Å²) in [6, 6.07) is 12.3. The van der Waals surface area contributed by atoms with Gasteiger partial charge in [-0.15, -0.1) is 0 Å². The summed E-state index contributed by atoms with van der Waals surface area (Å²) in [6.07, 6.45) is 4.16. The highest BCUT2D eigenvalue weighted by Gasteiger charge is 2.24. The molecule has 1 aromatic heterocycles. The van der Waals surface area contributed by atoms with E-state index in [9.17, 15) is 0 Å². The summed E-state index contributed by atoms with van der Waals surface area (Å²) in [7, 11) is 0. The monoisotopic (exact) mass is 292 g/mol. The van der Waals surface area contributed by atoms with Crippen molar-refractivity contribution in [2.75, 3.05) is 6.61 Å². The van der Waals surface area contributed by atoms with Crippen molar-refractivity contribution in [3.63, 3.8) is 0 Å². The smallest absolute Gasteiger partial charge is 0.189 e. The molecular formula is C18H16N2O2. The zero-order valence-corrected chi connectivity index (χ0v) is 12.3. The molecule has 0 N–H and O–H groups in total. The highest BCUT2D eigenvalue weighted by atomic mass is 16.6. The Labute approximate surface area is 128 Å². The minimum absolute atomic E-state index is 0.0113. The van der Waals surface area contributed by atoms with Crippen molar-refractivity contribution in [3.8, 4) is 11.5 Å². The maximum atomic E-state index is 6.15. The van der Waals surface area contributed by atoms with Gasteiger partial charge in [-0.3, -0.25) is 4.98 Å². The molecule has 0 spiro atoms. The fourth-order valence-electron chi connectivity index (χ4n) is 2.69. The Balaban J connectivity index is 1.63. The lowest BCUT2D eigenvalue weighted by Crippen LogP contribution is -2.31. The van der Waals surface area contributed by atoms with Gasteiger partial charge in [-0.05, 0) is 24.6 Å². The molecule has 1 atom stereocenters. The number of hydrogen-bond acceptors (Lipinski definition) is 4. The molecule has 0 aliphatic carbocycles. The molecule has 2 aromatic carbocycles. The van der Waals surface area contributed by atoms with Crippen LogP contribution >= 0.6 is 0 Å². The molecule has 4 heteroatoms. The quantitative estimate of drug-likeness (QED) is 0.727. The van der Waals surface area contributed by atoms with Crippen molar-refractivity contribution < 1.29 is 9.47 Å². The molecule has 0 radical (unpaired) electrons. The average Bonchev–Trinajstić information content (AvgIpc) is 2.57. The van der Waals surface area contributed by atoms with E-state index in [-0.39, 0.29) is 6.10 Å². The van der Waals surface area contributed by atoms with Gasteiger partial charge in [0.2, 0.25) is 0 Å². The average molecular weight is 292 g/mol. The van der Waals surface area contributed by atoms with Gasteiger partial charge in [0.25, 0.3) is 0 Å². The van der Waals surface area contributed by atoms with E-state index in [4.69, 9.17) is 9.47 Å². The number of aryl methyl sites for hydroxylation is 1. The van der Waals surface area contributed by atoms with Gasteiger partial charge < -0.3 is 9.47 Å². The van der Waals surface area contributed by atoms with E-state index in [1.54, 1.807) is 12.4 Å². The third-order valence-electron chi connectivity index (χ3n) is 3.85. The van der Waals surface area contributed by atoms with Crippen LogP contribution in [-0.2, 0) is 6.42 Å². The van der Waals surface area contributed by atoms with Gasteiger partial charge in [-0.1, -0.05) is 29.8 Å². The van der Waals surface area contributed by atoms with Crippen molar-refractivity contribution >= 4 is 11.0 Å². The minimum atomic E-state index is -0.0113. The largest absolute Gasteiger partial charge is 0.486 e. The molecule has 0 bridgehead atoms. The third kappa shape index (κ3) is 2.37. The first-order valence-electron chi connectivity index (χ1n) is 7.38. The van der Waals surface area contributed by atoms with Crippen LogP contribution in [0.15, 0.2) is 48.8 Å². The van der Waals surface area contributed by atoms with Gasteiger partial charge in [-0.25, -0.2) is 4.98 Å². The lowest BCUT2D eigenvalue weighted by molar-refractivity contribution is 0.0931. The second kappa shape index (κ2) is 5.30. The summed E-state index contributed by atoms with van der Waals surface area (Å²) >= 11 is 0. The second-order valence-corrected chi connectivity index (χ2v) is 5.56. The molecule has 0 saturated carbocycles. The van der Waals surface area contributed by atoms with E-state index in [2.05, 4.69) is 41.2 Å². The fourth-order valence-corrected chi connectivity index (χ4v) is 2.69. The van der Waals surface area contributed by atoms with Gasteiger partial charge in [-0.2, -0.15) is 0 Å². The molecule has 110 valence electrons. The van der Waals surface area contributed by atoms with Gasteiger partial charge in [0, 0.05) is 18.8 Å². The molecule has 4 nitrogen and oxygen atoms in total. The number of benzene rings is 2. The Kier molecular flexibility index (Phi) is 3.15. The first kappa shape index (κ1) is 13.1. The number of rotatable bonds is 2. The summed E-state index contributed by atoms with van der Waals surface area (Å²) in [4.78, 5) is 8.69. The molecule has 3 aromatic rings. The van der Waals surface area contributed by atoms with Gasteiger partial charge >= 0.3 is 0 Å². The Morgan fingerprint density at radius 2 is 1.86 bits per heavy atom. The number of fused-ring (bicyclic) bond motifs is 3. The molecule has 0 unspecified atom stereocenters. The molecular weight excluding hydrogens is 276 g/mol. The van der Waals surface area contributed by atoms with Crippen LogP contribution in [0, 0.1) is 6.92 Å². The predicted octanol–water partition coefficient (Wildman–Crippen LogP) is 3.32. The van der Waals surface area contributed by atoms with Crippen molar-refractivity contribution in [2.45, 2.75) is 19.4 Å². The van der Waals surface area contributed by atoms with Crippen LogP contribution in [0.4, 0.5) is 0 Å². The van der Waals surface area contributed by atoms with Crippen LogP contribution in [0.5, 0.6) is 11.5 Å². The van der Waals surface area contributed by atoms with E-state index >= 15 is 0 Å². The van der Waals surface area contributed by atoms with Crippen LogP contribution in [0.2, 0.25) is 0 Å². The van der Waals surface area contributed by atoms with Crippen molar-refractivity contribution in [1.29, 1.82) is 0 Å². The number of hydrogen-bond donors (Lipinski definition) is 0. The lowest BCUT2D eigenvalue weighted by Gasteiger charge is -2.27. The van der Waals surface area contributed by atoms with E-state index in [1.165, 1.54) is 11.1 Å². The van der Waals surface area contributed by atoms with E-state index in [0.29, 0.717) is 12.4 Å². The first-order valence-corrected chi connectivity index (χ1v) is 7.38. The Morgan fingerprint density at radius 1 is 1.05 bits per heavy atom. The van der Waals surface area contributed by atoms with E-state index < -0.39 is 0 Å². The fraction of sp³-hybridized carbons (Fsp3) is 0.222. The summed E-state index contributed by atoms with van der Waals surface area (Å²) < 4.78 is 12.0. The van der Waals surface area contributed by atoms with Crippen molar-refractivity contribution in [1.82, 2.24) is 9.97 Å². The SMILES string of the molecule is Cc1ccc(C[C@@H]2COc3ccc4nccnc4c3O2)cc1. The minimum Gasteiger partial charge on any atom is -0.486 e. The normalized spacial score (nSPS) is 16.7. The van der Waals surface area contributed by atoms with Crippen LogP contribution in [0.1, 0.15) is 11.1 Å². The third-order valence-corrected chi connectivity index (χ3v) is 3.85. The standard InChI is InChI=1S/C18H16N2O2/c1-12-2-4-13(5-3-12)10-14-11-21-16-7-6-15-17(18(16)22-14)20-9-8-19-15/h2-9,14H,10-11H2,1H3/t14-/m1/s1. The predicted molar refractivity (Wildman–Crippen MR) is 84.3 cm³/mol. The van der Waals surface area contributed by atoms with E-state index in [1.807, 2.05) is 12.1 Å². The van der Waals surface area contributed by atoms with Crippen molar-refractivity contribution in [2.24, 2.45) is 0 Å². The Morgan fingerprint density at radius 3 is 2.73 bits per heavy atom. The Bertz CT molecular complexity index is 815. The topological polar surface area (TPSA) is 44.2 Å². The van der Waals surface area contributed by atoms with E-state index in [0.717, 1.165) is 23.2 Å². The number of aromatic nitrogens is 2. The molecule has 0 amide bonds. The lowest BCUT2D eigenvalue weighted by atomic mass is 10.1. The molecule has 1 aliphatic heterocycles. The molecule has 1 aliphatic rings. The van der Waals surface area contributed by atoms with Crippen LogP contribution in [0.25, 0.3) is 11.0 Å². The molecule has 0 fully saturated rings. The second-order valence-electron chi connectivity index (χ2n) is 5.56. The van der Waals surface area contributed by atoms with Crippen LogP contribution in [-0.4, -0.2) is 22.7 Å². The maximum absolute atomic E-state index is 6.15. The highest BCUT2D eigenvalue weighted by molar-refractivity contribution is 5.84. The molecule has 22 heavy (non-hydrogen) atoms. The molecule has 2 heterocycles. The summed E-state index contributed by atoms with van der Waals surface area (Å²) in [5.41, 5.74) is 4.08. The summed E-state index contributed by atoms with van der Waals surface area (Å²) in [6.45, 7) is 2.64. The zero-order chi connectivity index (χ0) is 14.9. The van der Waals surface area contributed by atoms with Gasteiger partial charge in [0.15, 0.2) is 11.5 Å². The summed E-state index contributed by atoms with van der Waals surface area (Å²) in [5, 5.41) is 0. The maximum Gasteiger partial charge on any atom is 0.189 e.